The third kappa shape index (κ3) is 6.25. The Balaban J connectivity index is 1.71. The fourth-order valence-corrected chi connectivity index (χ4v) is 2.83. The van der Waals surface area contributed by atoms with Gasteiger partial charge in [-0.2, -0.15) is 0 Å². The molecule has 1 aromatic carbocycles. The fourth-order valence-electron chi connectivity index (χ4n) is 2.83. The summed E-state index contributed by atoms with van der Waals surface area (Å²) >= 11 is 0. The molecule has 1 aliphatic rings. The van der Waals surface area contributed by atoms with Crippen molar-refractivity contribution in [2.75, 3.05) is 19.7 Å². The Morgan fingerprint density at radius 1 is 1.16 bits per heavy atom. The molecule has 0 aromatic heterocycles. The van der Waals surface area contributed by atoms with Crippen LogP contribution in [0.25, 0.3) is 0 Å². The first-order valence-electron chi connectivity index (χ1n) is 8.89. The fraction of sp³-hybridized carbons (Fsp3) is 0.500. The summed E-state index contributed by atoms with van der Waals surface area (Å²) in [4.78, 5) is 25.5. The second-order valence-electron chi connectivity index (χ2n) is 6.31. The van der Waals surface area contributed by atoms with Crippen molar-refractivity contribution in [3.63, 3.8) is 0 Å². The lowest BCUT2D eigenvalue weighted by Crippen LogP contribution is -2.38. The number of carbonyl (C=O) groups is 2. The van der Waals surface area contributed by atoms with E-state index in [1.807, 2.05) is 36.4 Å². The van der Waals surface area contributed by atoms with Crippen LogP contribution < -0.4 is 0 Å². The SMILES string of the molecule is CCOC(=O)/C(C)=C\CC1CCN(C(=O)OCc2ccccc2)CC1. The van der Waals surface area contributed by atoms with Gasteiger partial charge in [-0.15, -0.1) is 0 Å². The Hall–Kier alpha value is -2.30. The molecule has 1 amide bonds. The van der Waals surface area contributed by atoms with Crippen molar-refractivity contribution in [3.8, 4) is 0 Å². The molecule has 1 fully saturated rings. The normalized spacial score (nSPS) is 15.8. The lowest BCUT2D eigenvalue weighted by molar-refractivity contribution is -0.138. The largest absolute Gasteiger partial charge is 0.463 e. The molecule has 2 rings (SSSR count). The van der Waals surface area contributed by atoms with Crippen molar-refractivity contribution >= 4 is 12.1 Å². The summed E-state index contributed by atoms with van der Waals surface area (Å²) in [5, 5.41) is 0. The van der Waals surface area contributed by atoms with Gasteiger partial charge < -0.3 is 14.4 Å². The van der Waals surface area contributed by atoms with Gasteiger partial charge in [0.1, 0.15) is 6.61 Å². The van der Waals surface area contributed by atoms with Crippen molar-refractivity contribution < 1.29 is 19.1 Å². The summed E-state index contributed by atoms with van der Waals surface area (Å²) < 4.78 is 10.4. The Labute approximate surface area is 149 Å². The number of nitrogens with zero attached hydrogens (tertiary/aromatic N) is 1. The molecular formula is C20H27NO4. The minimum absolute atomic E-state index is 0.246. The number of esters is 1. The van der Waals surface area contributed by atoms with Crippen LogP contribution in [0.2, 0.25) is 0 Å². The molecule has 0 saturated carbocycles. The first-order chi connectivity index (χ1) is 12.1. The molecule has 1 heterocycles. The zero-order valence-electron chi connectivity index (χ0n) is 15.1. The minimum Gasteiger partial charge on any atom is -0.463 e. The number of amides is 1. The molecular weight excluding hydrogens is 318 g/mol. The maximum absolute atomic E-state index is 12.1. The summed E-state index contributed by atoms with van der Waals surface area (Å²) in [6.45, 7) is 5.69. The lowest BCUT2D eigenvalue weighted by Gasteiger charge is -2.30. The Morgan fingerprint density at radius 2 is 1.84 bits per heavy atom. The number of hydrogen-bond donors (Lipinski definition) is 0. The summed E-state index contributed by atoms with van der Waals surface area (Å²) in [5.41, 5.74) is 1.65. The summed E-state index contributed by atoms with van der Waals surface area (Å²) in [5.74, 6) is 0.243. The van der Waals surface area contributed by atoms with Crippen LogP contribution >= 0.6 is 0 Å². The molecule has 5 nitrogen and oxygen atoms in total. The number of likely N-dealkylation sites (tertiary alicyclic amines) is 1. The van der Waals surface area contributed by atoms with Gasteiger partial charge in [0.25, 0.3) is 0 Å². The Kier molecular flexibility index (Phi) is 7.51. The third-order valence-corrected chi connectivity index (χ3v) is 4.43. The van der Waals surface area contributed by atoms with E-state index in [1.54, 1.807) is 18.7 Å². The number of rotatable bonds is 6. The molecule has 0 atom stereocenters. The van der Waals surface area contributed by atoms with Gasteiger partial charge in [0.05, 0.1) is 6.61 Å². The van der Waals surface area contributed by atoms with Gasteiger partial charge in [0.15, 0.2) is 0 Å². The molecule has 0 unspecified atom stereocenters. The zero-order valence-corrected chi connectivity index (χ0v) is 15.1. The van der Waals surface area contributed by atoms with Crippen molar-refractivity contribution in [1.82, 2.24) is 4.90 Å². The van der Waals surface area contributed by atoms with E-state index in [1.165, 1.54) is 0 Å². The molecule has 0 N–H and O–H groups in total. The van der Waals surface area contributed by atoms with Crippen molar-refractivity contribution in [2.45, 2.75) is 39.7 Å². The number of benzene rings is 1. The zero-order chi connectivity index (χ0) is 18.1. The molecule has 0 spiro atoms. The van der Waals surface area contributed by atoms with Crippen LogP contribution in [-0.4, -0.2) is 36.7 Å². The minimum atomic E-state index is -0.249. The van der Waals surface area contributed by atoms with E-state index in [2.05, 4.69) is 0 Å². The molecule has 0 radical (unpaired) electrons. The highest BCUT2D eigenvalue weighted by molar-refractivity contribution is 5.87. The predicted molar refractivity (Wildman–Crippen MR) is 95.9 cm³/mol. The summed E-state index contributed by atoms with van der Waals surface area (Å²) in [6, 6.07) is 9.69. The monoisotopic (exact) mass is 345 g/mol. The van der Waals surface area contributed by atoms with Crippen LogP contribution in [0.1, 0.15) is 38.7 Å². The average Bonchev–Trinajstić information content (AvgIpc) is 2.65. The van der Waals surface area contributed by atoms with Crippen molar-refractivity contribution in [3.05, 3.63) is 47.5 Å². The van der Waals surface area contributed by atoms with Crippen molar-refractivity contribution in [2.24, 2.45) is 5.92 Å². The quantitative estimate of drug-likeness (QED) is 0.579. The molecule has 1 saturated heterocycles. The topological polar surface area (TPSA) is 55.8 Å². The maximum Gasteiger partial charge on any atom is 0.410 e. The van der Waals surface area contributed by atoms with E-state index in [-0.39, 0.29) is 12.1 Å². The molecule has 5 heteroatoms. The van der Waals surface area contributed by atoms with Gasteiger partial charge in [-0.05, 0) is 44.6 Å². The van der Waals surface area contributed by atoms with E-state index in [4.69, 9.17) is 9.47 Å². The smallest absolute Gasteiger partial charge is 0.410 e. The number of ether oxygens (including phenoxy) is 2. The molecule has 25 heavy (non-hydrogen) atoms. The Bertz CT molecular complexity index is 589. The van der Waals surface area contributed by atoms with Crippen molar-refractivity contribution in [1.29, 1.82) is 0 Å². The molecule has 0 bridgehead atoms. The van der Waals surface area contributed by atoms with Gasteiger partial charge in [-0.25, -0.2) is 9.59 Å². The summed E-state index contributed by atoms with van der Waals surface area (Å²) in [6.07, 6.45) is 4.39. The standard InChI is InChI=1S/C20H27NO4/c1-3-24-19(22)16(2)9-10-17-11-13-21(14-12-17)20(23)25-15-18-7-5-4-6-8-18/h4-9,17H,3,10-15H2,1-2H3/b16-9-. The molecule has 1 aliphatic heterocycles. The van der Waals surface area contributed by atoms with Crippen LogP contribution in [0.3, 0.4) is 0 Å². The second kappa shape index (κ2) is 9.87. The number of allylic oxidation sites excluding steroid dienone is 1. The van der Waals surface area contributed by atoms with Crippen LogP contribution in [0.4, 0.5) is 4.79 Å². The van der Waals surface area contributed by atoms with E-state index in [0.717, 1.165) is 24.8 Å². The van der Waals surface area contributed by atoms with Crippen LogP contribution in [0.5, 0.6) is 0 Å². The van der Waals surface area contributed by atoms with Crippen LogP contribution in [-0.2, 0) is 20.9 Å². The Morgan fingerprint density at radius 3 is 2.48 bits per heavy atom. The third-order valence-electron chi connectivity index (χ3n) is 4.43. The van der Waals surface area contributed by atoms with Crippen LogP contribution in [0, 0.1) is 5.92 Å². The van der Waals surface area contributed by atoms with Gasteiger partial charge in [-0.1, -0.05) is 36.4 Å². The van der Waals surface area contributed by atoms with E-state index in [9.17, 15) is 9.59 Å². The van der Waals surface area contributed by atoms with E-state index < -0.39 is 0 Å². The predicted octanol–water partition coefficient (Wildman–Crippen LogP) is 3.93. The van der Waals surface area contributed by atoms with Gasteiger partial charge in [-0.3, -0.25) is 0 Å². The molecule has 0 aliphatic carbocycles. The lowest BCUT2D eigenvalue weighted by atomic mass is 9.93. The van der Waals surface area contributed by atoms with Gasteiger partial charge in [0, 0.05) is 18.7 Å². The van der Waals surface area contributed by atoms with E-state index in [0.29, 0.717) is 37.8 Å². The highest BCUT2D eigenvalue weighted by Gasteiger charge is 2.23. The highest BCUT2D eigenvalue weighted by Crippen LogP contribution is 2.22. The number of hydrogen-bond acceptors (Lipinski definition) is 4. The number of piperidine rings is 1. The second-order valence-corrected chi connectivity index (χ2v) is 6.31. The first-order valence-corrected chi connectivity index (χ1v) is 8.89. The van der Waals surface area contributed by atoms with E-state index >= 15 is 0 Å². The first kappa shape index (κ1) is 19.0. The van der Waals surface area contributed by atoms with Gasteiger partial charge in [0.2, 0.25) is 0 Å². The molecule has 1 aromatic rings. The average molecular weight is 345 g/mol. The summed E-state index contributed by atoms with van der Waals surface area (Å²) in [7, 11) is 0. The maximum atomic E-state index is 12.1. The molecule has 136 valence electrons. The van der Waals surface area contributed by atoms with Crippen LogP contribution in [0.15, 0.2) is 42.0 Å². The number of carbonyl (C=O) groups excluding carboxylic acids is 2. The van der Waals surface area contributed by atoms with Gasteiger partial charge >= 0.3 is 12.1 Å². The highest BCUT2D eigenvalue weighted by atomic mass is 16.6.